The van der Waals surface area contributed by atoms with Crippen LogP contribution in [0.1, 0.15) is 42.9 Å². The van der Waals surface area contributed by atoms with E-state index < -0.39 is 0 Å². The minimum Gasteiger partial charge on any atom is -0.0892 e. The molecule has 0 amide bonds. The second-order valence-electron chi connectivity index (χ2n) is 5.03. The highest BCUT2D eigenvalue weighted by Crippen LogP contribution is 2.43. The molecule has 1 atom stereocenters. The molecule has 0 N–H and O–H groups in total. The summed E-state index contributed by atoms with van der Waals surface area (Å²) in [4.78, 5) is 2.94. The van der Waals surface area contributed by atoms with Crippen LogP contribution in [0.3, 0.4) is 0 Å². The van der Waals surface area contributed by atoms with Crippen LogP contribution < -0.4 is 0 Å². The monoisotopic (exact) mass is 254 g/mol. The van der Waals surface area contributed by atoms with Crippen molar-refractivity contribution in [3.05, 3.63) is 59.2 Å². The van der Waals surface area contributed by atoms with Crippen molar-refractivity contribution in [2.45, 2.75) is 42.4 Å². The molecule has 0 aliphatic carbocycles. The van der Waals surface area contributed by atoms with E-state index in [1.807, 2.05) is 11.8 Å². The fourth-order valence-corrected chi connectivity index (χ4v) is 3.84. The predicted octanol–water partition coefficient (Wildman–Crippen LogP) is 5.26. The Balaban J connectivity index is 2.07. The third-order valence-corrected chi connectivity index (χ3v) is 5.16. The van der Waals surface area contributed by atoms with Crippen LogP contribution in [0.4, 0.5) is 0 Å². The molecular formula is C17H18S. The van der Waals surface area contributed by atoms with E-state index in [9.17, 15) is 0 Å². The summed E-state index contributed by atoms with van der Waals surface area (Å²) in [5.74, 6) is 0.651. The summed E-state index contributed by atoms with van der Waals surface area (Å²) in [6.45, 7) is 4.60. The Bertz CT molecular complexity index is 572. The first-order valence-corrected chi connectivity index (χ1v) is 7.48. The van der Waals surface area contributed by atoms with E-state index in [0.717, 1.165) is 6.42 Å². The van der Waals surface area contributed by atoms with E-state index in [2.05, 4.69) is 56.3 Å². The molecule has 2 aromatic carbocycles. The Hall–Kier alpha value is -1.21. The zero-order valence-electron chi connectivity index (χ0n) is 10.9. The SMILES string of the molecule is CCC(C)c1cccc2c1Sc1ccccc1C2. The smallest absolute Gasteiger partial charge is 0.0192 e. The molecule has 0 fully saturated rings. The Kier molecular flexibility index (Phi) is 3.17. The molecule has 0 spiro atoms. The van der Waals surface area contributed by atoms with Gasteiger partial charge in [0, 0.05) is 9.79 Å². The minimum absolute atomic E-state index is 0.651. The average molecular weight is 254 g/mol. The Morgan fingerprint density at radius 2 is 1.83 bits per heavy atom. The molecule has 1 aliphatic rings. The standard InChI is InChI=1S/C17H18S/c1-3-12(2)15-9-6-8-14-11-13-7-4-5-10-16(13)18-17(14)15/h4-10,12H,3,11H2,1-2H3. The van der Waals surface area contributed by atoms with Crippen molar-refractivity contribution in [2.24, 2.45) is 0 Å². The maximum atomic E-state index is 2.33. The van der Waals surface area contributed by atoms with Gasteiger partial charge in [-0.1, -0.05) is 62.0 Å². The van der Waals surface area contributed by atoms with Crippen LogP contribution in [0, 0.1) is 0 Å². The summed E-state index contributed by atoms with van der Waals surface area (Å²) in [5, 5.41) is 0. The van der Waals surface area contributed by atoms with Gasteiger partial charge < -0.3 is 0 Å². The first kappa shape index (κ1) is 11.9. The lowest BCUT2D eigenvalue weighted by Crippen LogP contribution is -2.04. The van der Waals surface area contributed by atoms with Crippen LogP contribution >= 0.6 is 11.8 Å². The highest BCUT2D eigenvalue weighted by molar-refractivity contribution is 7.99. The molecule has 0 nitrogen and oxygen atoms in total. The summed E-state index contributed by atoms with van der Waals surface area (Å²) >= 11 is 1.95. The van der Waals surface area contributed by atoms with Gasteiger partial charge in [-0.2, -0.15) is 0 Å². The topological polar surface area (TPSA) is 0 Å². The van der Waals surface area contributed by atoms with Gasteiger partial charge in [-0.3, -0.25) is 0 Å². The van der Waals surface area contributed by atoms with Crippen LogP contribution in [-0.4, -0.2) is 0 Å². The summed E-state index contributed by atoms with van der Waals surface area (Å²) < 4.78 is 0. The van der Waals surface area contributed by atoms with Gasteiger partial charge in [-0.05, 0) is 41.5 Å². The number of hydrogen-bond donors (Lipinski definition) is 0. The minimum atomic E-state index is 0.651. The van der Waals surface area contributed by atoms with Crippen molar-refractivity contribution < 1.29 is 0 Å². The summed E-state index contributed by atoms with van der Waals surface area (Å²) in [6.07, 6.45) is 2.29. The Morgan fingerprint density at radius 3 is 2.67 bits per heavy atom. The number of benzene rings is 2. The fraction of sp³-hybridized carbons (Fsp3) is 0.294. The first-order valence-electron chi connectivity index (χ1n) is 6.67. The van der Waals surface area contributed by atoms with E-state index in [4.69, 9.17) is 0 Å². The molecule has 0 saturated carbocycles. The molecule has 18 heavy (non-hydrogen) atoms. The molecule has 1 heterocycles. The van der Waals surface area contributed by atoms with Crippen LogP contribution in [-0.2, 0) is 6.42 Å². The van der Waals surface area contributed by atoms with Gasteiger partial charge >= 0.3 is 0 Å². The second-order valence-corrected chi connectivity index (χ2v) is 6.08. The van der Waals surface area contributed by atoms with Crippen molar-refractivity contribution in [1.82, 2.24) is 0 Å². The van der Waals surface area contributed by atoms with E-state index >= 15 is 0 Å². The van der Waals surface area contributed by atoms with Crippen LogP contribution in [0.2, 0.25) is 0 Å². The summed E-state index contributed by atoms with van der Waals surface area (Å²) in [6, 6.07) is 15.6. The lowest BCUT2D eigenvalue weighted by Gasteiger charge is -2.23. The number of hydrogen-bond acceptors (Lipinski definition) is 1. The highest BCUT2D eigenvalue weighted by atomic mass is 32.2. The molecule has 0 radical (unpaired) electrons. The quantitative estimate of drug-likeness (QED) is 0.601. The van der Waals surface area contributed by atoms with Gasteiger partial charge in [0.2, 0.25) is 0 Å². The normalized spacial score (nSPS) is 14.8. The third kappa shape index (κ3) is 1.97. The van der Waals surface area contributed by atoms with Gasteiger partial charge in [-0.25, -0.2) is 0 Å². The van der Waals surface area contributed by atoms with E-state index in [1.54, 1.807) is 0 Å². The molecule has 1 unspecified atom stereocenters. The van der Waals surface area contributed by atoms with Crippen LogP contribution in [0.25, 0.3) is 0 Å². The van der Waals surface area contributed by atoms with Gasteiger partial charge in [0.1, 0.15) is 0 Å². The second kappa shape index (κ2) is 4.81. The van der Waals surface area contributed by atoms with Crippen molar-refractivity contribution >= 4 is 11.8 Å². The van der Waals surface area contributed by atoms with Gasteiger partial charge in [0.05, 0.1) is 0 Å². The van der Waals surface area contributed by atoms with Crippen molar-refractivity contribution in [3.63, 3.8) is 0 Å². The van der Waals surface area contributed by atoms with E-state index in [-0.39, 0.29) is 0 Å². The van der Waals surface area contributed by atoms with Crippen molar-refractivity contribution in [2.75, 3.05) is 0 Å². The number of rotatable bonds is 2. The first-order chi connectivity index (χ1) is 8.79. The lowest BCUT2D eigenvalue weighted by atomic mass is 9.94. The summed E-state index contributed by atoms with van der Waals surface area (Å²) in [5.41, 5.74) is 4.49. The highest BCUT2D eigenvalue weighted by Gasteiger charge is 2.19. The molecule has 0 saturated heterocycles. The maximum absolute atomic E-state index is 2.33. The average Bonchev–Trinajstić information content (AvgIpc) is 2.43. The van der Waals surface area contributed by atoms with Gasteiger partial charge in [-0.15, -0.1) is 0 Å². The molecule has 2 aromatic rings. The van der Waals surface area contributed by atoms with Crippen molar-refractivity contribution in [1.29, 1.82) is 0 Å². The molecule has 0 aromatic heterocycles. The maximum Gasteiger partial charge on any atom is 0.0192 e. The zero-order valence-corrected chi connectivity index (χ0v) is 11.8. The summed E-state index contributed by atoms with van der Waals surface area (Å²) in [7, 11) is 0. The van der Waals surface area contributed by atoms with E-state index in [1.165, 1.54) is 32.9 Å². The van der Waals surface area contributed by atoms with E-state index in [0.29, 0.717) is 5.92 Å². The zero-order chi connectivity index (χ0) is 12.5. The van der Waals surface area contributed by atoms with Gasteiger partial charge in [0.25, 0.3) is 0 Å². The number of fused-ring (bicyclic) bond motifs is 2. The van der Waals surface area contributed by atoms with Crippen LogP contribution in [0.5, 0.6) is 0 Å². The molecular weight excluding hydrogens is 236 g/mol. The van der Waals surface area contributed by atoms with Crippen molar-refractivity contribution in [3.8, 4) is 0 Å². The molecule has 1 heteroatoms. The molecule has 1 aliphatic heterocycles. The van der Waals surface area contributed by atoms with Crippen LogP contribution in [0.15, 0.2) is 52.3 Å². The molecule has 0 bridgehead atoms. The Morgan fingerprint density at radius 1 is 1.06 bits per heavy atom. The largest absolute Gasteiger partial charge is 0.0892 e. The predicted molar refractivity (Wildman–Crippen MR) is 78.5 cm³/mol. The lowest BCUT2D eigenvalue weighted by molar-refractivity contribution is 0.715. The third-order valence-electron chi connectivity index (χ3n) is 3.84. The van der Waals surface area contributed by atoms with Gasteiger partial charge in [0.15, 0.2) is 0 Å². The molecule has 3 rings (SSSR count). The molecule has 92 valence electrons. The fourth-order valence-electron chi connectivity index (χ4n) is 2.54. The Labute approximate surface area is 113 Å².